The Bertz CT molecular complexity index is 373. The van der Waals surface area contributed by atoms with Gasteiger partial charge in [0.2, 0.25) is 5.91 Å². The summed E-state index contributed by atoms with van der Waals surface area (Å²) in [5.41, 5.74) is 1.15. The Morgan fingerprint density at radius 3 is 2.44 bits per heavy atom. The van der Waals surface area contributed by atoms with E-state index in [1.807, 2.05) is 49.3 Å². The maximum absolute atomic E-state index is 11.8. The molecule has 0 bridgehead atoms. The first-order valence-corrected chi connectivity index (χ1v) is 6.23. The zero-order chi connectivity index (χ0) is 13.4. The highest BCUT2D eigenvalue weighted by molar-refractivity contribution is 5.86. The number of hydrogen-bond acceptors (Lipinski definition) is 2. The van der Waals surface area contributed by atoms with Crippen LogP contribution in [0.3, 0.4) is 0 Å². The van der Waals surface area contributed by atoms with E-state index in [4.69, 9.17) is 0 Å². The van der Waals surface area contributed by atoms with Crippen molar-refractivity contribution in [1.29, 1.82) is 0 Å². The summed E-state index contributed by atoms with van der Waals surface area (Å²) >= 11 is 0. The van der Waals surface area contributed by atoms with E-state index in [1.165, 1.54) is 6.08 Å². The quantitative estimate of drug-likeness (QED) is 0.688. The largest absolute Gasteiger partial charge is 0.335 e. The molecule has 0 saturated carbocycles. The van der Waals surface area contributed by atoms with E-state index >= 15 is 0 Å². The van der Waals surface area contributed by atoms with Crippen LogP contribution in [0.25, 0.3) is 0 Å². The van der Waals surface area contributed by atoms with Crippen LogP contribution in [0.5, 0.6) is 0 Å². The molecule has 1 aromatic rings. The Morgan fingerprint density at radius 2 is 1.89 bits per heavy atom. The Morgan fingerprint density at radius 1 is 1.22 bits per heavy atom. The maximum atomic E-state index is 11.8. The zero-order valence-corrected chi connectivity index (χ0v) is 11.3. The molecule has 0 aliphatic heterocycles. The van der Waals surface area contributed by atoms with Gasteiger partial charge in [-0.15, -0.1) is 0 Å². The summed E-state index contributed by atoms with van der Waals surface area (Å²) in [4.78, 5) is 15.7. The molecule has 98 valence electrons. The first kappa shape index (κ1) is 14.5. The van der Waals surface area contributed by atoms with Crippen molar-refractivity contribution in [3.05, 3.63) is 48.6 Å². The smallest absolute Gasteiger partial charge is 0.246 e. The van der Waals surface area contributed by atoms with E-state index in [2.05, 4.69) is 11.5 Å². The van der Waals surface area contributed by atoms with Gasteiger partial charge >= 0.3 is 0 Å². The first-order valence-electron chi connectivity index (χ1n) is 6.23. The molecule has 0 aliphatic carbocycles. The number of hydrogen-bond donors (Lipinski definition) is 0. The number of nitrogens with zero attached hydrogens (tertiary/aromatic N) is 2. The lowest BCUT2D eigenvalue weighted by Gasteiger charge is -2.22. The predicted molar refractivity (Wildman–Crippen MR) is 75.2 cm³/mol. The van der Waals surface area contributed by atoms with Gasteiger partial charge in [-0.1, -0.05) is 36.9 Å². The van der Waals surface area contributed by atoms with Crippen LogP contribution < -0.4 is 0 Å². The molecule has 3 nitrogen and oxygen atoms in total. The molecule has 0 heterocycles. The lowest BCUT2D eigenvalue weighted by Crippen LogP contribution is -2.31. The third-order valence-electron chi connectivity index (χ3n) is 2.74. The van der Waals surface area contributed by atoms with Crippen LogP contribution >= 0.6 is 0 Å². The fraction of sp³-hybridized carbons (Fsp3) is 0.400. The molecule has 3 heteroatoms. The Kier molecular flexibility index (Phi) is 6.15. The van der Waals surface area contributed by atoms with E-state index in [0.29, 0.717) is 6.54 Å². The molecule has 1 rings (SSSR count). The second-order valence-electron chi connectivity index (χ2n) is 4.61. The summed E-state index contributed by atoms with van der Waals surface area (Å²) in [7, 11) is 4.08. The van der Waals surface area contributed by atoms with Crippen LogP contribution in [0.1, 0.15) is 12.0 Å². The fourth-order valence-electron chi connectivity index (χ4n) is 1.78. The summed E-state index contributed by atoms with van der Waals surface area (Å²) in [6.07, 6.45) is 2.36. The standard InChI is InChI=1S/C15H22N2O/c1-4-15(18)17(12-8-11-16(2)3)13-14-9-6-5-7-10-14/h4-7,9-10H,1,8,11-13H2,2-3H3. The highest BCUT2D eigenvalue weighted by Crippen LogP contribution is 2.06. The van der Waals surface area contributed by atoms with Crippen molar-refractivity contribution in [3.8, 4) is 0 Å². The van der Waals surface area contributed by atoms with Crippen LogP contribution in [0.4, 0.5) is 0 Å². The number of carbonyl (C=O) groups is 1. The lowest BCUT2D eigenvalue weighted by atomic mass is 10.2. The summed E-state index contributed by atoms with van der Waals surface area (Å²) in [6, 6.07) is 10.0. The zero-order valence-electron chi connectivity index (χ0n) is 11.3. The minimum Gasteiger partial charge on any atom is -0.335 e. The van der Waals surface area contributed by atoms with Crippen LogP contribution in [-0.4, -0.2) is 42.9 Å². The van der Waals surface area contributed by atoms with Gasteiger partial charge in [0, 0.05) is 13.1 Å². The predicted octanol–water partition coefficient (Wildman–Crippen LogP) is 2.15. The monoisotopic (exact) mass is 246 g/mol. The van der Waals surface area contributed by atoms with E-state index in [1.54, 1.807) is 0 Å². The van der Waals surface area contributed by atoms with Crippen molar-refractivity contribution in [2.45, 2.75) is 13.0 Å². The molecule has 0 unspecified atom stereocenters. The molecule has 1 aromatic carbocycles. The highest BCUT2D eigenvalue weighted by Gasteiger charge is 2.10. The molecule has 0 saturated heterocycles. The lowest BCUT2D eigenvalue weighted by molar-refractivity contribution is -0.126. The van der Waals surface area contributed by atoms with Gasteiger partial charge in [0.25, 0.3) is 0 Å². The third-order valence-corrected chi connectivity index (χ3v) is 2.74. The summed E-state index contributed by atoms with van der Waals surface area (Å²) < 4.78 is 0. The minimum absolute atomic E-state index is 0.00221. The average molecular weight is 246 g/mol. The van der Waals surface area contributed by atoms with Crippen molar-refractivity contribution >= 4 is 5.91 Å². The average Bonchev–Trinajstić information content (AvgIpc) is 2.37. The van der Waals surface area contributed by atoms with Crippen molar-refractivity contribution in [2.75, 3.05) is 27.2 Å². The molecule has 18 heavy (non-hydrogen) atoms. The van der Waals surface area contributed by atoms with Gasteiger partial charge in [0.05, 0.1) is 0 Å². The molecule has 0 fully saturated rings. The molecule has 0 atom stereocenters. The normalized spacial score (nSPS) is 10.4. The van der Waals surface area contributed by atoms with Crippen LogP contribution in [0, 0.1) is 0 Å². The highest BCUT2D eigenvalue weighted by atomic mass is 16.2. The minimum atomic E-state index is -0.00221. The summed E-state index contributed by atoms with van der Waals surface area (Å²) in [6.45, 7) is 5.96. The SMILES string of the molecule is C=CC(=O)N(CCCN(C)C)Cc1ccccc1. The van der Waals surface area contributed by atoms with Crippen molar-refractivity contribution in [1.82, 2.24) is 9.80 Å². The van der Waals surface area contributed by atoms with Crippen LogP contribution in [0.2, 0.25) is 0 Å². The Balaban J connectivity index is 2.56. The van der Waals surface area contributed by atoms with Gasteiger partial charge in [0.1, 0.15) is 0 Å². The second kappa shape index (κ2) is 7.67. The molecule has 0 aliphatic rings. The second-order valence-corrected chi connectivity index (χ2v) is 4.61. The molecular weight excluding hydrogens is 224 g/mol. The van der Waals surface area contributed by atoms with E-state index in [-0.39, 0.29) is 5.91 Å². The van der Waals surface area contributed by atoms with Gasteiger partial charge in [-0.25, -0.2) is 0 Å². The molecule has 0 spiro atoms. The Labute approximate surface area is 110 Å². The van der Waals surface area contributed by atoms with Crippen molar-refractivity contribution < 1.29 is 4.79 Å². The van der Waals surface area contributed by atoms with E-state index < -0.39 is 0 Å². The van der Waals surface area contributed by atoms with Crippen LogP contribution in [-0.2, 0) is 11.3 Å². The van der Waals surface area contributed by atoms with Gasteiger partial charge < -0.3 is 9.80 Å². The van der Waals surface area contributed by atoms with Gasteiger partial charge in [-0.05, 0) is 38.7 Å². The van der Waals surface area contributed by atoms with Crippen LogP contribution in [0.15, 0.2) is 43.0 Å². The van der Waals surface area contributed by atoms with Gasteiger partial charge in [0.15, 0.2) is 0 Å². The number of amides is 1. The summed E-state index contributed by atoms with van der Waals surface area (Å²) in [5.74, 6) is -0.00221. The third kappa shape index (κ3) is 5.15. The van der Waals surface area contributed by atoms with Crippen molar-refractivity contribution in [2.24, 2.45) is 0 Å². The molecule has 1 amide bonds. The molecular formula is C15H22N2O. The maximum Gasteiger partial charge on any atom is 0.246 e. The molecule has 0 radical (unpaired) electrons. The molecule has 0 aromatic heterocycles. The number of rotatable bonds is 7. The number of benzene rings is 1. The fourth-order valence-corrected chi connectivity index (χ4v) is 1.78. The first-order chi connectivity index (χ1) is 8.63. The van der Waals surface area contributed by atoms with Gasteiger partial charge in [-0.3, -0.25) is 4.79 Å². The molecule has 0 N–H and O–H groups in total. The number of carbonyl (C=O) groups excluding carboxylic acids is 1. The van der Waals surface area contributed by atoms with Gasteiger partial charge in [-0.2, -0.15) is 0 Å². The summed E-state index contributed by atoms with van der Waals surface area (Å²) in [5, 5.41) is 0. The van der Waals surface area contributed by atoms with E-state index in [9.17, 15) is 4.79 Å². The Hall–Kier alpha value is -1.61. The van der Waals surface area contributed by atoms with Crippen molar-refractivity contribution in [3.63, 3.8) is 0 Å². The van der Waals surface area contributed by atoms with E-state index in [0.717, 1.165) is 25.1 Å². The topological polar surface area (TPSA) is 23.6 Å².